The van der Waals surface area contributed by atoms with E-state index in [9.17, 15) is 23.1 Å². The summed E-state index contributed by atoms with van der Waals surface area (Å²) < 4.78 is 33.1. The minimum absolute atomic E-state index is 0.0757. The lowest BCUT2D eigenvalue weighted by Crippen LogP contribution is -2.31. The first-order chi connectivity index (χ1) is 17.0. The Morgan fingerprint density at radius 1 is 1.31 bits per heavy atom. The predicted octanol–water partition coefficient (Wildman–Crippen LogP) is 1.92. The number of nitrogens with two attached hydrogens (primary N) is 1. The molecule has 2 heterocycles. The molecule has 0 aliphatic rings. The maximum Gasteiger partial charge on any atom is 0.327 e. The number of hydrogen-bond donors (Lipinski definition) is 3. The first-order valence-corrected chi connectivity index (χ1v) is 13.5. The van der Waals surface area contributed by atoms with Gasteiger partial charge in [-0.25, -0.2) is 13.2 Å². The predicted molar refractivity (Wildman–Crippen MR) is 135 cm³/mol. The Morgan fingerprint density at radius 3 is 2.72 bits per heavy atom. The van der Waals surface area contributed by atoms with Crippen LogP contribution in [0.1, 0.15) is 50.2 Å². The van der Waals surface area contributed by atoms with Crippen molar-refractivity contribution in [1.82, 2.24) is 23.8 Å². The minimum Gasteiger partial charge on any atom is -0.481 e. The molecule has 0 amide bonds. The number of rotatable bonds is 13. The second-order valence-electron chi connectivity index (χ2n) is 8.63. The van der Waals surface area contributed by atoms with Gasteiger partial charge in [-0.2, -0.15) is 14.3 Å². The molecule has 12 nitrogen and oxygen atoms in total. The highest BCUT2D eigenvalue weighted by molar-refractivity contribution is 7.88. The molecule has 1 aromatic carbocycles. The number of aliphatic carboxylic acids is 1. The van der Waals surface area contributed by atoms with Crippen LogP contribution in [0, 0.1) is 0 Å². The largest absolute Gasteiger partial charge is 0.481 e. The summed E-state index contributed by atoms with van der Waals surface area (Å²) in [5.41, 5.74) is 7.40. The van der Waals surface area contributed by atoms with Crippen LogP contribution in [0.3, 0.4) is 0 Å². The van der Waals surface area contributed by atoms with Crippen molar-refractivity contribution in [3.63, 3.8) is 0 Å². The molecule has 0 radical (unpaired) electrons. The molecule has 0 spiro atoms. The maximum absolute atomic E-state index is 12.5. The highest BCUT2D eigenvalue weighted by atomic mass is 32.2. The topological polar surface area (TPSA) is 174 Å². The van der Waals surface area contributed by atoms with E-state index in [1.54, 1.807) is 31.2 Å². The van der Waals surface area contributed by atoms with Gasteiger partial charge in [0.05, 0.1) is 18.8 Å². The molecule has 196 valence electrons. The summed E-state index contributed by atoms with van der Waals surface area (Å²) in [6.45, 7) is 4.42. The lowest BCUT2D eigenvalue weighted by Gasteiger charge is -2.21. The Morgan fingerprint density at radius 2 is 2.06 bits per heavy atom. The standard InChI is InChI=1S/C23H32N6O6S/c1-4-5-12-35-22-26-19(24)18-20(27-22)29(23(32)25-18)11-7-10-28(36(3,33)34)14-16-8-6-9-17(13-16)15(2)21(30)31/h6,8-9,13,15H,4-5,7,10-12,14H2,1-3H3,(H,25,32)(H,30,31)(H2,24,26,27). The van der Waals surface area contributed by atoms with E-state index < -0.39 is 27.6 Å². The van der Waals surface area contributed by atoms with Crippen molar-refractivity contribution in [2.45, 2.75) is 52.1 Å². The molecule has 1 unspecified atom stereocenters. The van der Waals surface area contributed by atoms with Crippen molar-refractivity contribution in [2.24, 2.45) is 0 Å². The van der Waals surface area contributed by atoms with Crippen LogP contribution in [0.15, 0.2) is 29.1 Å². The number of unbranched alkanes of at least 4 members (excludes halogenated alkanes) is 1. The highest BCUT2D eigenvalue weighted by Crippen LogP contribution is 2.20. The Hall–Kier alpha value is -3.45. The van der Waals surface area contributed by atoms with Gasteiger partial charge in [-0.15, -0.1) is 0 Å². The summed E-state index contributed by atoms with van der Waals surface area (Å²) >= 11 is 0. The average molecular weight is 521 g/mol. The Labute approximate surface area is 209 Å². The number of nitrogens with zero attached hydrogens (tertiary/aromatic N) is 4. The summed E-state index contributed by atoms with van der Waals surface area (Å²) in [4.78, 5) is 34.9. The van der Waals surface area contributed by atoms with E-state index in [2.05, 4.69) is 15.0 Å². The maximum atomic E-state index is 12.5. The number of carbonyl (C=O) groups is 1. The zero-order valence-corrected chi connectivity index (χ0v) is 21.4. The summed E-state index contributed by atoms with van der Waals surface area (Å²) in [5.74, 6) is -1.58. The van der Waals surface area contributed by atoms with Gasteiger partial charge in [-0.1, -0.05) is 37.6 Å². The fourth-order valence-electron chi connectivity index (χ4n) is 3.68. The molecule has 0 aliphatic heterocycles. The summed E-state index contributed by atoms with van der Waals surface area (Å²) in [6, 6.07) is 6.93. The quantitative estimate of drug-likeness (QED) is 0.284. The van der Waals surface area contributed by atoms with Crippen molar-refractivity contribution in [2.75, 3.05) is 25.1 Å². The van der Waals surface area contributed by atoms with Crippen molar-refractivity contribution >= 4 is 33.0 Å². The third-order valence-corrected chi connectivity index (χ3v) is 7.05. The van der Waals surface area contributed by atoms with Gasteiger partial charge in [-0.3, -0.25) is 9.36 Å². The van der Waals surface area contributed by atoms with Crippen molar-refractivity contribution < 1.29 is 23.1 Å². The first-order valence-electron chi connectivity index (χ1n) is 11.7. The zero-order valence-electron chi connectivity index (χ0n) is 20.6. The van der Waals surface area contributed by atoms with Gasteiger partial charge in [0.1, 0.15) is 5.52 Å². The molecular formula is C23H32N6O6S. The Balaban J connectivity index is 1.76. The van der Waals surface area contributed by atoms with Gasteiger partial charge in [0.15, 0.2) is 11.5 Å². The van der Waals surface area contributed by atoms with Gasteiger partial charge in [0.2, 0.25) is 10.0 Å². The number of ether oxygens (including phenoxy) is 1. The molecule has 0 fully saturated rings. The first kappa shape index (κ1) is 27.1. The number of H-pyrrole nitrogens is 1. The smallest absolute Gasteiger partial charge is 0.327 e. The van der Waals surface area contributed by atoms with E-state index >= 15 is 0 Å². The second kappa shape index (κ2) is 11.5. The second-order valence-corrected chi connectivity index (χ2v) is 10.6. The monoisotopic (exact) mass is 520 g/mol. The van der Waals surface area contributed by atoms with E-state index in [0.29, 0.717) is 35.3 Å². The number of nitrogens with one attached hydrogen (secondary N) is 1. The van der Waals surface area contributed by atoms with E-state index in [-0.39, 0.29) is 31.5 Å². The molecule has 2 aromatic heterocycles. The number of carboxylic acids is 1. The van der Waals surface area contributed by atoms with Crippen molar-refractivity contribution in [3.05, 3.63) is 45.9 Å². The lowest BCUT2D eigenvalue weighted by atomic mass is 9.99. The summed E-state index contributed by atoms with van der Waals surface area (Å²) in [6.07, 6.45) is 3.19. The number of sulfonamides is 1. The SMILES string of the molecule is CCCCOc1nc(N)c2[nH]c(=O)n(CCCN(Cc3cccc(C(C)C(=O)O)c3)S(C)(=O)=O)c2n1. The van der Waals surface area contributed by atoms with Gasteiger partial charge < -0.3 is 20.6 Å². The Bertz CT molecular complexity index is 1380. The number of aromatic nitrogens is 4. The molecule has 13 heteroatoms. The number of benzene rings is 1. The van der Waals surface area contributed by atoms with Crippen LogP contribution in [0.5, 0.6) is 6.01 Å². The van der Waals surface area contributed by atoms with Gasteiger partial charge >= 0.3 is 17.7 Å². The number of aromatic amines is 1. The Kier molecular flexibility index (Phi) is 8.69. The molecule has 0 bridgehead atoms. The number of carboxylic acid groups (broad SMARTS) is 1. The normalized spacial score (nSPS) is 12.8. The van der Waals surface area contributed by atoms with Crippen LogP contribution in [0.4, 0.5) is 5.82 Å². The van der Waals surface area contributed by atoms with Crippen LogP contribution in [0.2, 0.25) is 0 Å². The van der Waals surface area contributed by atoms with E-state index in [1.165, 1.54) is 8.87 Å². The van der Waals surface area contributed by atoms with E-state index in [1.807, 2.05) is 6.92 Å². The molecule has 36 heavy (non-hydrogen) atoms. The average Bonchev–Trinajstić information content (AvgIpc) is 3.13. The molecule has 3 rings (SSSR count). The molecule has 1 atom stereocenters. The summed E-state index contributed by atoms with van der Waals surface area (Å²) in [7, 11) is -3.58. The molecular weight excluding hydrogens is 488 g/mol. The molecule has 3 aromatic rings. The van der Waals surface area contributed by atoms with Crippen LogP contribution in [-0.4, -0.2) is 62.7 Å². The van der Waals surface area contributed by atoms with E-state index in [0.717, 1.165) is 19.1 Å². The van der Waals surface area contributed by atoms with Crippen molar-refractivity contribution in [1.29, 1.82) is 0 Å². The highest BCUT2D eigenvalue weighted by Gasteiger charge is 2.20. The fraction of sp³-hybridized carbons (Fsp3) is 0.478. The zero-order chi connectivity index (χ0) is 26.5. The minimum atomic E-state index is -3.58. The van der Waals surface area contributed by atoms with Crippen LogP contribution < -0.4 is 16.2 Å². The number of fused-ring (bicyclic) bond motifs is 1. The van der Waals surface area contributed by atoms with Gasteiger partial charge in [0.25, 0.3) is 0 Å². The van der Waals surface area contributed by atoms with Gasteiger partial charge in [0, 0.05) is 19.6 Å². The van der Waals surface area contributed by atoms with Crippen molar-refractivity contribution in [3.8, 4) is 6.01 Å². The molecule has 0 saturated heterocycles. The molecule has 0 aliphatic carbocycles. The van der Waals surface area contributed by atoms with Crippen LogP contribution in [-0.2, 0) is 27.9 Å². The third-order valence-electron chi connectivity index (χ3n) is 5.80. The number of hydrogen-bond acceptors (Lipinski definition) is 8. The number of anilines is 1. The third kappa shape index (κ3) is 6.61. The van der Waals surface area contributed by atoms with Crippen LogP contribution >= 0.6 is 0 Å². The van der Waals surface area contributed by atoms with Gasteiger partial charge in [-0.05, 0) is 30.9 Å². The van der Waals surface area contributed by atoms with E-state index in [4.69, 9.17) is 10.5 Å². The number of nitrogen functional groups attached to an aromatic ring is 1. The molecule has 0 saturated carbocycles. The number of imidazole rings is 1. The molecule has 4 N–H and O–H groups in total. The summed E-state index contributed by atoms with van der Waals surface area (Å²) in [5, 5.41) is 9.27. The number of aryl methyl sites for hydroxylation is 1. The fourth-order valence-corrected chi connectivity index (χ4v) is 4.53. The lowest BCUT2D eigenvalue weighted by molar-refractivity contribution is -0.138. The van der Waals surface area contributed by atoms with Crippen LogP contribution in [0.25, 0.3) is 11.2 Å².